The average Bonchev–Trinajstić information content (AvgIpc) is 2.77. The lowest BCUT2D eigenvalue weighted by atomic mass is 9.88. The van der Waals surface area contributed by atoms with Crippen molar-refractivity contribution in [2.75, 3.05) is 17.7 Å². The van der Waals surface area contributed by atoms with E-state index in [-0.39, 0.29) is 10.9 Å². The summed E-state index contributed by atoms with van der Waals surface area (Å²) in [5.41, 5.74) is 6.39. The van der Waals surface area contributed by atoms with Gasteiger partial charge in [0.05, 0.1) is 18.5 Å². The normalized spacial score (nSPS) is 12.7. The fraction of sp³-hybridized carbons (Fsp3) is 0.167. The van der Waals surface area contributed by atoms with Gasteiger partial charge in [0.25, 0.3) is 0 Å². The van der Waals surface area contributed by atoms with Crippen LogP contribution in [0.15, 0.2) is 60.7 Å². The number of methoxy groups -OCH3 is 1. The summed E-state index contributed by atoms with van der Waals surface area (Å²) in [5.74, 6) is 0.245. The zero-order valence-corrected chi connectivity index (χ0v) is 16.6. The van der Waals surface area contributed by atoms with Gasteiger partial charge in [-0.2, -0.15) is 0 Å². The van der Waals surface area contributed by atoms with E-state index in [1.807, 2.05) is 6.07 Å². The van der Waals surface area contributed by atoms with Gasteiger partial charge in [0.15, 0.2) is 0 Å². The summed E-state index contributed by atoms with van der Waals surface area (Å²) in [5, 5.41) is 33.2. The third-order valence-corrected chi connectivity index (χ3v) is 5.34. The molecule has 0 bridgehead atoms. The van der Waals surface area contributed by atoms with Crippen LogP contribution in [0.25, 0.3) is 11.6 Å². The van der Waals surface area contributed by atoms with Crippen molar-refractivity contribution < 1.29 is 20.3 Å². The molecule has 0 radical (unpaired) electrons. The fourth-order valence-electron chi connectivity index (χ4n) is 3.73. The lowest BCUT2D eigenvalue weighted by Gasteiger charge is -2.20. The van der Waals surface area contributed by atoms with Crippen molar-refractivity contribution in [3.05, 3.63) is 82.9 Å². The minimum Gasteiger partial charge on any atom is -0.871 e. The predicted molar refractivity (Wildman–Crippen MR) is 115 cm³/mol. The number of fused-ring (bicyclic) bond motifs is 1. The quantitative estimate of drug-likeness (QED) is 0.527. The molecule has 6 heteroatoms. The summed E-state index contributed by atoms with van der Waals surface area (Å²) in [7, 11) is 1.62. The first-order chi connectivity index (χ1) is 14.5. The SMILES string of the molecule is COc1ccc(C2=Cc3ccccc3CC2)cc1NCc1ccc([O-])c(N(O)O)c1. The van der Waals surface area contributed by atoms with Gasteiger partial charge >= 0.3 is 0 Å². The molecule has 0 aliphatic heterocycles. The molecule has 0 fully saturated rings. The number of aryl methyl sites for hydroxylation is 1. The Morgan fingerprint density at radius 2 is 1.87 bits per heavy atom. The standard InChI is InChI=1S/C24H24N2O4/c1-30-24-11-9-20(19-8-7-17-4-2-3-5-18(17)13-19)14-21(24)25-15-16-6-10-23(27)22(12-16)26(28)29/h2-6,9-14,25,27-29H,7-8,15H2,1H3/p-1. The number of rotatable bonds is 6. The molecule has 0 atom stereocenters. The van der Waals surface area contributed by atoms with Gasteiger partial charge < -0.3 is 15.2 Å². The topological polar surface area (TPSA) is 88.0 Å². The summed E-state index contributed by atoms with van der Waals surface area (Å²) in [6.07, 6.45) is 4.22. The number of nitrogens with zero attached hydrogens (tertiary/aromatic N) is 1. The Balaban J connectivity index is 1.58. The van der Waals surface area contributed by atoms with E-state index < -0.39 is 5.75 Å². The van der Waals surface area contributed by atoms with E-state index in [9.17, 15) is 15.5 Å². The monoisotopic (exact) mass is 403 g/mol. The Bertz CT molecular complexity index is 1090. The minimum absolute atomic E-state index is 0.152. The Labute approximate surface area is 175 Å². The third kappa shape index (κ3) is 4.10. The lowest BCUT2D eigenvalue weighted by molar-refractivity contribution is -0.268. The molecule has 30 heavy (non-hydrogen) atoms. The zero-order valence-electron chi connectivity index (χ0n) is 16.6. The molecule has 0 heterocycles. The fourth-order valence-corrected chi connectivity index (χ4v) is 3.73. The van der Waals surface area contributed by atoms with Gasteiger partial charge in [0.1, 0.15) is 5.75 Å². The van der Waals surface area contributed by atoms with Crippen molar-refractivity contribution in [2.24, 2.45) is 0 Å². The van der Waals surface area contributed by atoms with Crippen LogP contribution in [0, 0.1) is 0 Å². The van der Waals surface area contributed by atoms with E-state index >= 15 is 0 Å². The van der Waals surface area contributed by atoms with Crippen molar-refractivity contribution in [3.63, 3.8) is 0 Å². The Hall–Kier alpha value is -3.48. The molecule has 1 aliphatic carbocycles. The second-order valence-corrected chi connectivity index (χ2v) is 7.23. The second kappa shape index (κ2) is 8.49. The molecule has 0 aromatic heterocycles. The molecular formula is C24H23N2O4-. The Morgan fingerprint density at radius 1 is 1.03 bits per heavy atom. The predicted octanol–water partition coefficient (Wildman–Crippen LogP) is 4.45. The van der Waals surface area contributed by atoms with E-state index in [2.05, 4.69) is 47.8 Å². The van der Waals surface area contributed by atoms with Crippen molar-refractivity contribution in [2.45, 2.75) is 19.4 Å². The Kier molecular flexibility index (Phi) is 5.61. The first kappa shape index (κ1) is 19.8. The Morgan fingerprint density at radius 3 is 2.67 bits per heavy atom. The lowest BCUT2D eigenvalue weighted by Crippen LogP contribution is -2.14. The molecular weight excluding hydrogens is 380 g/mol. The van der Waals surface area contributed by atoms with Gasteiger partial charge in [-0.25, -0.2) is 0 Å². The number of allylic oxidation sites excluding steroid dienone is 1. The molecule has 3 N–H and O–H groups in total. The van der Waals surface area contributed by atoms with Crippen LogP contribution in [0.3, 0.4) is 0 Å². The van der Waals surface area contributed by atoms with E-state index in [0.717, 1.165) is 29.7 Å². The van der Waals surface area contributed by atoms with E-state index in [4.69, 9.17) is 4.74 Å². The summed E-state index contributed by atoms with van der Waals surface area (Å²) < 4.78 is 5.49. The molecule has 0 spiro atoms. The smallest absolute Gasteiger partial charge is 0.141 e. The van der Waals surface area contributed by atoms with Gasteiger partial charge in [0.2, 0.25) is 0 Å². The van der Waals surface area contributed by atoms with Crippen LogP contribution in [0.4, 0.5) is 11.4 Å². The molecule has 0 saturated heterocycles. The molecule has 3 aromatic carbocycles. The van der Waals surface area contributed by atoms with Crippen LogP contribution in [0.2, 0.25) is 0 Å². The maximum absolute atomic E-state index is 11.7. The highest BCUT2D eigenvalue weighted by atomic mass is 16.8. The zero-order chi connectivity index (χ0) is 21.1. The highest BCUT2D eigenvalue weighted by Gasteiger charge is 2.13. The average molecular weight is 403 g/mol. The first-order valence-electron chi connectivity index (χ1n) is 9.74. The van der Waals surface area contributed by atoms with Crippen molar-refractivity contribution in [1.29, 1.82) is 0 Å². The van der Waals surface area contributed by atoms with Gasteiger partial charge in [-0.3, -0.25) is 10.4 Å². The summed E-state index contributed by atoms with van der Waals surface area (Å²) in [6.45, 7) is 0.392. The van der Waals surface area contributed by atoms with Crippen LogP contribution in [0.5, 0.6) is 11.5 Å². The highest BCUT2D eigenvalue weighted by molar-refractivity contribution is 5.86. The number of anilines is 2. The molecule has 6 nitrogen and oxygen atoms in total. The molecule has 0 unspecified atom stereocenters. The maximum atomic E-state index is 11.7. The van der Waals surface area contributed by atoms with Crippen molar-refractivity contribution in [3.8, 4) is 11.5 Å². The van der Waals surface area contributed by atoms with Gasteiger partial charge in [-0.15, -0.1) is 5.23 Å². The number of hydrogen-bond donors (Lipinski definition) is 3. The van der Waals surface area contributed by atoms with Crippen LogP contribution < -0.4 is 20.4 Å². The van der Waals surface area contributed by atoms with Gasteiger partial charge in [-0.1, -0.05) is 54.3 Å². The molecule has 4 rings (SSSR count). The van der Waals surface area contributed by atoms with Gasteiger partial charge in [0, 0.05) is 6.54 Å². The van der Waals surface area contributed by atoms with Crippen molar-refractivity contribution >= 4 is 23.0 Å². The van der Waals surface area contributed by atoms with Crippen LogP contribution in [-0.4, -0.2) is 17.5 Å². The van der Waals surface area contributed by atoms with Crippen LogP contribution in [-0.2, 0) is 13.0 Å². The largest absolute Gasteiger partial charge is 0.871 e. The maximum Gasteiger partial charge on any atom is 0.141 e. The summed E-state index contributed by atoms with van der Waals surface area (Å²) in [6, 6.07) is 18.9. The number of ether oxygens (including phenoxy) is 1. The molecule has 3 aromatic rings. The van der Waals surface area contributed by atoms with Crippen molar-refractivity contribution in [1.82, 2.24) is 0 Å². The van der Waals surface area contributed by atoms with E-state index in [0.29, 0.717) is 12.3 Å². The second-order valence-electron chi connectivity index (χ2n) is 7.23. The molecule has 0 saturated carbocycles. The number of benzene rings is 3. The van der Waals surface area contributed by atoms with Crippen LogP contribution in [0.1, 0.15) is 28.7 Å². The number of hydrogen-bond acceptors (Lipinski definition) is 6. The van der Waals surface area contributed by atoms with Crippen LogP contribution >= 0.6 is 0 Å². The van der Waals surface area contributed by atoms with Gasteiger partial charge in [-0.05, 0) is 58.9 Å². The molecule has 0 amide bonds. The summed E-state index contributed by atoms with van der Waals surface area (Å²) >= 11 is 0. The molecule has 1 aliphatic rings. The third-order valence-electron chi connectivity index (χ3n) is 5.34. The van der Waals surface area contributed by atoms with E-state index in [1.165, 1.54) is 28.8 Å². The number of nitrogens with one attached hydrogen (secondary N) is 1. The first-order valence-corrected chi connectivity index (χ1v) is 9.74. The summed E-state index contributed by atoms with van der Waals surface area (Å²) in [4.78, 5) is 0. The van der Waals surface area contributed by atoms with E-state index in [1.54, 1.807) is 13.2 Å². The highest BCUT2D eigenvalue weighted by Crippen LogP contribution is 2.35. The molecule has 154 valence electrons. The minimum atomic E-state index is -0.465.